The van der Waals surface area contributed by atoms with E-state index in [-0.39, 0.29) is 5.75 Å². The van der Waals surface area contributed by atoms with Gasteiger partial charge in [0.2, 0.25) is 0 Å². The monoisotopic (exact) mass is 362 g/mol. The first-order valence-electron chi connectivity index (χ1n) is 7.78. The van der Waals surface area contributed by atoms with Gasteiger partial charge in [-0.05, 0) is 18.6 Å². The fraction of sp³-hybridized carbons (Fsp3) is 0.562. The first-order valence-corrected chi connectivity index (χ1v) is 9.66. The molecule has 1 atom stereocenters. The fourth-order valence-electron chi connectivity index (χ4n) is 2.14. The van der Waals surface area contributed by atoms with E-state index in [4.69, 9.17) is 20.9 Å². The van der Waals surface area contributed by atoms with Crippen LogP contribution in [0.25, 0.3) is 0 Å². The second-order valence-electron chi connectivity index (χ2n) is 5.37. The average Bonchev–Trinajstić information content (AvgIpc) is 2.50. The number of ether oxygens (including phenoxy) is 1. The molecule has 0 aliphatic heterocycles. The number of hydrogen-bond donors (Lipinski definition) is 1. The van der Waals surface area contributed by atoms with Crippen molar-refractivity contribution in [3.63, 3.8) is 0 Å². The van der Waals surface area contributed by atoms with Crippen molar-refractivity contribution in [2.24, 2.45) is 0 Å². The molecule has 0 fully saturated rings. The Morgan fingerprint density at radius 2 is 1.78 bits per heavy atom. The van der Waals surface area contributed by atoms with E-state index in [0.717, 1.165) is 25.3 Å². The van der Waals surface area contributed by atoms with Gasteiger partial charge >= 0.3 is 5.97 Å². The second-order valence-corrected chi connectivity index (χ2v) is 7.28. The number of esters is 1. The van der Waals surface area contributed by atoms with Crippen molar-refractivity contribution in [1.82, 2.24) is 0 Å². The molecule has 23 heavy (non-hydrogen) atoms. The van der Waals surface area contributed by atoms with E-state index in [1.54, 1.807) is 0 Å². The van der Waals surface area contributed by atoms with Crippen molar-refractivity contribution in [2.75, 3.05) is 0 Å². The Balaban J connectivity index is 2.50. The summed E-state index contributed by atoms with van der Waals surface area (Å²) in [4.78, 5) is 11.5. The van der Waals surface area contributed by atoms with E-state index < -0.39 is 26.4 Å². The summed E-state index contributed by atoms with van der Waals surface area (Å²) in [5.74, 6) is -0.926. The molecule has 1 N–H and O–H groups in total. The summed E-state index contributed by atoms with van der Waals surface area (Å²) in [5, 5.41) is -0.837. The summed E-state index contributed by atoms with van der Waals surface area (Å²) in [6, 6.07) is 5.40. The van der Waals surface area contributed by atoms with Crippen molar-refractivity contribution in [2.45, 2.75) is 62.1 Å². The van der Waals surface area contributed by atoms with Gasteiger partial charge in [-0.15, -0.1) is 11.6 Å². The minimum atomic E-state index is -4.45. The van der Waals surface area contributed by atoms with Crippen molar-refractivity contribution in [3.05, 3.63) is 24.3 Å². The van der Waals surface area contributed by atoms with Crippen LogP contribution in [0.5, 0.6) is 5.75 Å². The van der Waals surface area contributed by atoms with Gasteiger partial charge in [-0.25, -0.2) is 0 Å². The SMILES string of the molecule is CCCCCCCCC(Cl)C(=O)Oc1ccccc1S(=O)(=O)O. The lowest BCUT2D eigenvalue weighted by Crippen LogP contribution is -2.21. The van der Waals surface area contributed by atoms with Gasteiger partial charge in [0.1, 0.15) is 10.3 Å². The van der Waals surface area contributed by atoms with Crippen LogP contribution in [0.15, 0.2) is 29.2 Å². The van der Waals surface area contributed by atoms with Crippen LogP contribution < -0.4 is 4.74 Å². The molecule has 0 radical (unpaired) electrons. The van der Waals surface area contributed by atoms with E-state index in [2.05, 4.69) is 6.92 Å². The maximum atomic E-state index is 11.9. The number of hydrogen-bond acceptors (Lipinski definition) is 4. The van der Waals surface area contributed by atoms with Gasteiger partial charge < -0.3 is 4.74 Å². The molecule has 1 aromatic rings. The number of halogens is 1. The maximum Gasteiger partial charge on any atom is 0.329 e. The summed E-state index contributed by atoms with van der Waals surface area (Å²) in [5.41, 5.74) is 0. The molecule has 1 unspecified atom stereocenters. The molecule has 0 heterocycles. The molecular formula is C16H23ClO5S. The highest BCUT2D eigenvalue weighted by Gasteiger charge is 2.22. The van der Waals surface area contributed by atoms with Crippen LogP contribution in [0.1, 0.15) is 51.9 Å². The van der Waals surface area contributed by atoms with Gasteiger partial charge in [0.25, 0.3) is 10.1 Å². The Kier molecular flexibility index (Phi) is 8.58. The third kappa shape index (κ3) is 7.33. The van der Waals surface area contributed by atoms with Gasteiger partial charge in [-0.3, -0.25) is 9.35 Å². The molecule has 0 aromatic heterocycles. The van der Waals surface area contributed by atoms with Crippen molar-refractivity contribution in [1.29, 1.82) is 0 Å². The molecule has 1 aromatic carbocycles. The van der Waals surface area contributed by atoms with E-state index in [1.807, 2.05) is 0 Å². The minimum Gasteiger partial charge on any atom is -0.424 e. The Morgan fingerprint density at radius 1 is 1.17 bits per heavy atom. The van der Waals surface area contributed by atoms with Crippen molar-refractivity contribution >= 4 is 27.7 Å². The smallest absolute Gasteiger partial charge is 0.329 e. The zero-order valence-corrected chi connectivity index (χ0v) is 14.8. The standard InChI is InChI=1S/C16H23ClO5S/c1-2-3-4-5-6-7-10-13(17)16(18)22-14-11-8-9-12-15(14)23(19,20)21/h8-9,11-13H,2-7,10H2,1H3,(H,19,20,21). The Hall–Kier alpha value is -1.11. The molecule has 0 bridgehead atoms. The maximum absolute atomic E-state index is 11.9. The largest absolute Gasteiger partial charge is 0.424 e. The van der Waals surface area contributed by atoms with Crippen LogP contribution >= 0.6 is 11.6 Å². The number of unbranched alkanes of at least 4 members (excludes halogenated alkanes) is 5. The molecule has 0 aliphatic rings. The Labute approximate surface area is 142 Å². The van der Waals surface area contributed by atoms with E-state index >= 15 is 0 Å². The highest BCUT2D eigenvalue weighted by atomic mass is 35.5. The van der Waals surface area contributed by atoms with Gasteiger partial charge in [-0.2, -0.15) is 8.42 Å². The number of para-hydroxylation sites is 1. The molecule has 5 nitrogen and oxygen atoms in total. The number of benzene rings is 1. The third-order valence-corrected chi connectivity index (χ3v) is 4.69. The highest BCUT2D eigenvalue weighted by Crippen LogP contribution is 2.24. The van der Waals surface area contributed by atoms with Gasteiger partial charge in [0, 0.05) is 0 Å². The average molecular weight is 363 g/mol. The molecule has 0 saturated heterocycles. The quantitative estimate of drug-likeness (QED) is 0.222. The zero-order chi connectivity index (χ0) is 17.3. The van der Waals surface area contributed by atoms with E-state index in [9.17, 15) is 13.2 Å². The predicted molar refractivity (Wildman–Crippen MR) is 89.5 cm³/mol. The van der Waals surface area contributed by atoms with E-state index in [0.29, 0.717) is 6.42 Å². The van der Waals surface area contributed by atoms with E-state index in [1.165, 1.54) is 37.5 Å². The van der Waals surface area contributed by atoms with Gasteiger partial charge in [0.05, 0.1) is 0 Å². The van der Waals surface area contributed by atoms with Crippen LogP contribution in [0.2, 0.25) is 0 Å². The molecule has 0 aliphatic carbocycles. The molecule has 130 valence electrons. The van der Waals surface area contributed by atoms with Crippen LogP contribution in [-0.4, -0.2) is 24.3 Å². The highest BCUT2D eigenvalue weighted by molar-refractivity contribution is 7.86. The van der Waals surface area contributed by atoms with Crippen LogP contribution in [0, 0.1) is 0 Å². The molecule has 0 saturated carbocycles. The molecule has 1 rings (SSSR count). The normalized spacial score (nSPS) is 12.8. The van der Waals surface area contributed by atoms with Crippen LogP contribution in [0.3, 0.4) is 0 Å². The lowest BCUT2D eigenvalue weighted by Gasteiger charge is -2.11. The van der Waals surface area contributed by atoms with Gasteiger partial charge in [-0.1, -0.05) is 57.6 Å². The number of alkyl halides is 1. The fourth-order valence-corrected chi connectivity index (χ4v) is 2.95. The zero-order valence-electron chi connectivity index (χ0n) is 13.2. The lowest BCUT2D eigenvalue weighted by atomic mass is 10.1. The number of rotatable bonds is 10. The first-order chi connectivity index (χ1) is 10.9. The summed E-state index contributed by atoms with van der Waals surface area (Å²) in [6.07, 6.45) is 6.95. The Morgan fingerprint density at radius 3 is 2.43 bits per heavy atom. The second kappa shape index (κ2) is 9.90. The summed E-state index contributed by atoms with van der Waals surface area (Å²) in [6.45, 7) is 2.15. The number of carbonyl (C=O) groups is 1. The van der Waals surface area contributed by atoms with Crippen LogP contribution in [-0.2, 0) is 14.9 Å². The summed E-state index contributed by atoms with van der Waals surface area (Å²) < 4.78 is 36.6. The molecule has 7 heteroatoms. The molecule has 0 amide bonds. The summed E-state index contributed by atoms with van der Waals surface area (Å²) >= 11 is 6.00. The topological polar surface area (TPSA) is 80.7 Å². The number of carbonyl (C=O) groups excluding carboxylic acids is 1. The van der Waals surface area contributed by atoms with Gasteiger partial charge in [0.15, 0.2) is 5.75 Å². The lowest BCUT2D eigenvalue weighted by molar-refractivity contribution is -0.134. The van der Waals surface area contributed by atoms with Crippen molar-refractivity contribution in [3.8, 4) is 5.75 Å². The summed E-state index contributed by atoms with van der Waals surface area (Å²) in [7, 11) is -4.45. The first kappa shape index (κ1) is 19.9. The van der Waals surface area contributed by atoms with Crippen molar-refractivity contribution < 1.29 is 22.5 Å². The predicted octanol–water partition coefficient (Wildman–Crippen LogP) is 4.20. The minimum absolute atomic E-state index is 0.214. The molecular weight excluding hydrogens is 340 g/mol. The molecule has 0 spiro atoms. The van der Waals surface area contributed by atoms with Crippen LogP contribution in [0.4, 0.5) is 0 Å². The Bertz CT molecular complexity index is 600. The third-order valence-electron chi connectivity index (χ3n) is 3.40.